The zero-order chi connectivity index (χ0) is 24.2. The first-order valence-corrected chi connectivity index (χ1v) is 12.0. The predicted molar refractivity (Wildman–Crippen MR) is 133 cm³/mol. The fourth-order valence-electron chi connectivity index (χ4n) is 4.56. The van der Waals surface area contributed by atoms with E-state index in [1.165, 1.54) is 6.42 Å². The van der Waals surface area contributed by atoms with Gasteiger partial charge in [-0.15, -0.1) is 0 Å². The minimum absolute atomic E-state index is 0.0509. The van der Waals surface area contributed by atoms with Gasteiger partial charge < -0.3 is 24.0 Å². The Morgan fingerprint density at radius 1 is 0.857 bits per heavy atom. The largest absolute Gasteiger partial charge is 0.497 e. The molecule has 0 radical (unpaired) electrons. The number of piperidine rings is 1. The summed E-state index contributed by atoms with van der Waals surface area (Å²) in [6.45, 7) is 2.86. The number of fused-ring (bicyclic) bond motifs is 1. The predicted octanol–water partition coefficient (Wildman–Crippen LogP) is 4.47. The SMILES string of the molecule is COc1ccc(Oc2nc(N3CCCCC3)nc3c2CN(C(=O)c2cccc(OC)c2)CC3)cc1. The molecule has 0 aliphatic carbocycles. The van der Waals surface area contributed by atoms with Crippen molar-refractivity contribution in [2.75, 3.05) is 38.8 Å². The number of methoxy groups -OCH3 is 2. The molecule has 1 saturated heterocycles. The van der Waals surface area contributed by atoms with E-state index in [2.05, 4.69) is 4.90 Å². The molecule has 2 aromatic carbocycles. The Kier molecular flexibility index (Phi) is 6.70. The maximum absolute atomic E-state index is 13.3. The Morgan fingerprint density at radius 3 is 2.34 bits per heavy atom. The highest BCUT2D eigenvalue weighted by atomic mass is 16.5. The third-order valence-electron chi connectivity index (χ3n) is 6.53. The van der Waals surface area contributed by atoms with Gasteiger partial charge in [0.25, 0.3) is 5.91 Å². The van der Waals surface area contributed by atoms with Gasteiger partial charge in [0.15, 0.2) is 0 Å². The van der Waals surface area contributed by atoms with E-state index in [-0.39, 0.29) is 5.91 Å². The summed E-state index contributed by atoms with van der Waals surface area (Å²) in [5, 5.41) is 0. The maximum Gasteiger partial charge on any atom is 0.254 e. The van der Waals surface area contributed by atoms with Crippen molar-refractivity contribution >= 4 is 11.9 Å². The van der Waals surface area contributed by atoms with Crippen LogP contribution in [-0.4, -0.2) is 54.6 Å². The molecule has 3 heterocycles. The highest BCUT2D eigenvalue weighted by molar-refractivity contribution is 5.94. The van der Waals surface area contributed by atoms with E-state index in [1.54, 1.807) is 20.3 Å². The first kappa shape index (κ1) is 23.0. The van der Waals surface area contributed by atoms with Crippen LogP contribution in [0.25, 0.3) is 0 Å². The average molecular weight is 475 g/mol. The lowest BCUT2D eigenvalue weighted by Crippen LogP contribution is -2.37. The number of carbonyl (C=O) groups excluding carboxylic acids is 1. The van der Waals surface area contributed by atoms with Gasteiger partial charge in [-0.1, -0.05) is 6.07 Å². The molecule has 2 aliphatic rings. The van der Waals surface area contributed by atoms with E-state index in [4.69, 9.17) is 24.2 Å². The zero-order valence-electron chi connectivity index (χ0n) is 20.2. The number of amides is 1. The van der Waals surface area contributed by atoms with E-state index in [0.29, 0.717) is 48.4 Å². The number of anilines is 1. The van der Waals surface area contributed by atoms with Crippen molar-refractivity contribution in [3.05, 3.63) is 65.4 Å². The molecule has 0 atom stereocenters. The van der Waals surface area contributed by atoms with Crippen molar-refractivity contribution in [2.24, 2.45) is 0 Å². The topological polar surface area (TPSA) is 77.0 Å². The minimum Gasteiger partial charge on any atom is -0.497 e. The summed E-state index contributed by atoms with van der Waals surface area (Å²) >= 11 is 0. The minimum atomic E-state index is -0.0509. The molecule has 8 nitrogen and oxygen atoms in total. The van der Waals surface area contributed by atoms with Crippen LogP contribution in [0.15, 0.2) is 48.5 Å². The molecule has 1 fully saturated rings. The molecule has 2 aliphatic heterocycles. The summed E-state index contributed by atoms with van der Waals surface area (Å²) in [6.07, 6.45) is 4.15. The lowest BCUT2D eigenvalue weighted by molar-refractivity contribution is 0.0731. The Bertz CT molecular complexity index is 1190. The molecular weight excluding hydrogens is 444 g/mol. The van der Waals surface area contributed by atoms with Crippen LogP contribution in [0.5, 0.6) is 23.1 Å². The third kappa shape index (κ3) is 5.01. The first-order valence-electron chi connectivity index (χ1n) is 12.0. The molecule has 0 N–H and O–H groups in total. The highest BCUT2D eigenvalue weighted by Crippen LogP contribution is 2.33. The normalized spacial score (nSPS) is 15.4. The van der Waals surface area contributed by atoms with Crippen LogP contribution in [0.4, 0.5) is 5.95 Å². The molecule has 0 unspecified atom stereocenters. The van der Waals surface area contributed by atoms with Crippen molar-refractivity contribution in [2.45, 2.75) is 32.2 Å². The average Bonchev–Trinajstić information content (AvgIpc) is 2.93. The molecule has 5 rings (SSSR count). The monoisotopic (exact) mass is 474 g/mol. The van der Waals surface area contributed by atoms with Gasteiger partial charge >= 0.3 is 0 Å². The zero-order valence-corrected chi connectivity index (χ0v) is 20.2. The number of carbonyl (C=O) groups is 1. The number of nitrogens with zero attached hydrogens (tertiary/aromatic N) is 4. The molecule has 8 heteroatoms. The molecule has 0 saturated carbocycles. The standard InChI is InChI=1S/C27H30N4O4/c1-33-20-9-11-21(12-10-20)35-25-23-18-31(26(32)19-7-6-8-22(17-19)34-2)16-13-24(23)28-27(29-25)30-14-4-3-5-15-30/h6-12,17H,3-5,13-16,18H2,1-2H3. The number of hydrogen-bond acceptors (Lipinski definition) is 7. The van der Waals surface area contributed by atoms with Crippen LogP contribution in [0.2, 0.25) is 0 Å². The van der Waals surface area contributed by atoms with Gasteiger partial charge in [0.2, 0.25) is 11.8 Å². The van der Waals surface area contributed by atoms with Crippen molar-refractivity contribution in [3.63, 3.8) is 0 Å². The van der Waals surface area contributed by atoms with Crippen LogP contribution in [0, 0.1) is 0 Å². The third-order valence-corrected chi connectivity index (χ3v) is 6.53. The Balaban J connectivity index is 1.46. The van der Waals surface area contributed by atoms with Gasteiger partial charge in [0, 0.05) is 31.6 Å². The fourth-order valence-corrected chi connectivity index (χ4v) is 4.56. The van der Waals surface area contributed by atoms with Crippen LogP contribution < -0.4 is 19.1 Å². The van der Waals surface area contributed by atoms with E-state index in [1.807, 2.05) is 47.4 Å². The number of benzene rings is 2. The van der Waals surface area contributed by atoms with Gasteiger partial charge in [0.05, 0.1) is 32.0 Å². The lowest BCUT2D eigenvalue weighted by Gasteiger charge is -2.32. The second-order valence-electron chi connectivity index (χ2n) is 8.79. The van der Waals surface area contributed by atoms with Gasteiger partial charge in [-0.05, 0) is 61.7 Å². The smallest absolute Gasteiger partial charge is 0.254 e. The summed E-state index contributed by atoms with van der Waals surface area (Å²) in [4.78, 5) is 27.1. The number of rotatable bonds is 6. The Morgan fingerprint density at radius 2 is 1.60 bits per heavy atom. The fraction of sp³-hybridized carbons (Fsp3) is 0.370. The second-order valence-corrected chi connectivity index (χ2v) is 8.79. The van der Waals surface area contributed by atoms with Crippen molar-refractivity contribution in [3.8, 4) is 23.1 Å². The first-order chi connectivity index (χ1) is 17.1. The quantitative estimate of drug-likeness (QED) is 0.521. The van der Waals surface area contributed by atoms with Crippen molar-refractivity contribution in [1.82, 2.24) is 14.9 Å². The molecule has 0 spiro atoms. The molecule has 3 aromatic rings. The van der Waals surface area contributed by atoms with Gasteiger partial charge in [-0.2, -0.15) is 4.98 Å². The lowest BCUT2D eigenvalue weighted by atomic mass is 10.0. The van der Waals surface area contributed by atoms with Crippen LogP contribution in [-0.2, 0) is 13.0 Å². The van der Waals surface area contributed by atoms with Gasteiger partial charge in [0.1, 0.15) is 17.2 Å². The molecule has 0 bridgehead atoms. The van der Waals surface area contributed by atoms with Crippen molar-refractivity contribution < 1.29 is 19.0 Å². The molecule has 182 valence electrons. The van der Waals surface area contributed by atoms with E-state index < -0.39 is 0 Å². The van der Waals surface area contributed by atoms with Crippen LogP contribution in [0.3, 0.4) is 0 Å². The van der Waals surface area contributed by atoms with Gasteiger partial charge in [-0.25, -0.2) is 4.98 Å². The van der Waals surface area contributed by atoms with Gasteiger partial charge in [-0.3, -0.25) is 4.79 Å². The number of aromatic nitrogens is 2. The van der Waals surface area contributed by atoms with E-state index >= 15 is 0 Å². The summed E-state index contributed by atoms with van der Waals surface area (Å²) in [6, 6.07) is 14.7. The Hall–Kier alpha value is -3.81. The molecule has 1 amide bonds. The highest BCUT2D eigenvalue weighted by Gasteiger charge is 2.29. The van der Waals surface area contributed by atoms with Crippen molar-refractivity contribution in [1.29, 1.82) is 0 Å². The summed E-state index contributed by atoms with van der Waals surface area (Å²) < 4.78 is 16.9. The summed E-state index contributed by atoms with van der Waals surface area (Å²) in [5.41, 5.74) is 2.39. The Labute approximate surface area is 205 Å². The van der Waals surface area contributed by atoms with E-state index in [0.717, 1.165) is 42.9 Å². The summed E-state index contributed by atoms with van der Waals surface area (Å²) in [7, 11) is 3.23. The molecule has 35 heavy (non-hydrogen) atoms. The van der Waals surface area contributed by atoms with E-state index in [9.17, 15) is 4.79 Å². The maximum atomic E-state index is 13.3. The second kappa shape index (κ2) is 10.2. The number of hydrogen-bond donors (Lipinski definition) is 0. The molecular formula is C27H30N4O4. The summed E-state index contributed by atoms with van der Waals surface area (Å²) in [5.74, 6) is 3.23. The van der Waals surface area contributed by atoms with Crippen LogP contribution in [0.1, 0.15) is 40.9 Å². The number of ether oxygens (including phenoxy) is 3. The van der Waals surface area contributed by atoms with Crippen LogP contribution >= 0.6 is 0 Å². The molecule has 1 aromatic heterocycles.